The molecule has 74 valence electrons. The molecule has 0 bridgehead atoms. The molecule has 0 aliphatic carbocycles. The summed E-state index contributed by atoms with van der Waals surface area (Å²) in [5.41, 5.74) is -0.0373. The molecule has 0 aliphatic heterocycles. The first-order valence-corrected chi connectivity index (χ1v) is 3.83. The van der Waals surface area contributed by atoms with Crippen molar-refractivity contribution in [3.63, 3.8) is 0 Å². The van der Waals surface area contributed by atoms with Crippen molar-refractivity contribution in [2.45, 2.75) is 6.61 Å². The van der Waals surface area contributed by atoms with E-state index in [-0.39, 0.29) is 16.5 Å². The number of benzene rings is 1. The van der Waals surface area contributed by atoms with E-state index in [4.69, 9.17) is 11.6 Å². The zero-order valence-corrected chi connectivity index (χ0v) is 7.46. The molecule has 0 amide bonds. The van der Waals surface area contributed by atoms with Gasteiger partial charge in [0, 0.05) is 11.1 Å². The fourth-order valence-corrected chi connectivity index (χ4v) is 0.982. The summed E-state index contributed by atoms with van der Waals surface area (Å²) in [6.45, 7) is -2.99. The van der Waals surface area contributed by atoms with Gasteiger partial charge in [-0.3, -0.25) is 0 Å². The Morgan fingerprint density at radius 3 is 2.79 bits per heavy atom. The van der Waals surface area contributed by atoms with Gasteiger partial charge in [-0.25, -0.2) is 4.79 Å². The third-order valence-corrected chi connectivity index (χ3v) is 1.54. The first kappa shape index (κ1) is 10.6. The number of hydrogen-bond donors (Lipinski definition) is 0. The van der Waals surface area contributed by atoms with Crippen LogP contribution in [0.15, 0.2) is 23.2 Å². The zero-order chi connectivity index (χ0) is 10.6. The minimum atomic E-state index is -2.99. The number of isocyanates is 1. The van der Waals surface area contributed by atoms with Crippen LogP contribution in [-0.4, -0.2) is 12.7 Å². The number of halogens is 3. The summed E-state index contributed by atoms with van der Waals surface area (Å²) in [7, 11) is 0. The largest absolute Gasteiger partial charge is 0.432 e. The topological polar surface area (TPSA) is 38.7 Å². The van der Waals surface area contributed by atoms with Gasteiger partial charge in [0.25, 0.3) is 0 Å². The van der Waals surface area contributed by atoms with E-state index < -0.39 is 6.61 Å². The molecule has 0 fully saturated rings. The summed E-state index contributed by atoms with van der Waals surface area (Å²) < 4.78 is 27.8. The van der Waals surface area contributed by atoms with Crippen LogP contribution in [0.25, 0.3) is 0 Å². The van der Waals surface area contributed by atoms with Crippen molar-refractivity contribution >= 4 is 23.4 Å². The Labute approximate surface area is 83.0 Å². The molecule has 0 saturated heterocycles. The fourth-order valence-electron chi connectivity index (χ4n) is 0.820. The second-order valence-electron chi connectivity index (χ2n) is 2.19. The van der Waals surface area contributed by atoms with E-state index in [9.17, 15) is 13.6 Å². The predicted molar refractivity (Wildman–Crippen MR) is 45.9 cm³/mol. The van der Waals surface area contributed by atoms with E-state index in [0.29, 0.717) is 0 Å². The van der Waals surface area contributed by atoms with E-state index in [0.717, 1.165) is 6.07 Å². The van der Waals surface area contributed by atoms with Crippen molar-refractivity contribution in [3.05, 3.63) is 23.2 Å². The van der Waals surface area contributed by atoms with E-state index in [1.165, 1.54) is 18.2 Å². The van der Waals surface area contributed by atoms with Gasteiger partial charge in [-0.2, -0.15) is 13.8 Å². The summed E-state index contributed by atoms with van der Waals surface area (Å²) >= 11 is 5.54. The molecule has 0 aromatic heterocycles. The van der Waals surface area contributed by atoms with Gasteiger partial charge in [0.2, 0.25) is 6.08 Å². The number of carbonyl (C=O) groups excluding carboxylic acids is 1. The standard InChI is InChI=1S/C8H4ClF2NO2/c9-5-1-2-6(12-4-13)7(3-5)14-8(10)11/h1-3,8H. The normalized spacial score (nSPS) is 9.71. The summed E-state index contributed by atoms with van der Waals surface area (Å²) in [5, 5.41) is 0.213. The van der Waals surface area contributed by atoms with Gasteiger partial charge in [-0.1, -0.05) is 11.6 Å². The van der Waals surface area contributed by atoms with E-state index >= 15 is 0 Å². The molecule has 14 heavy (non-hydrogen) atoms. The molecule has 1 aromatic carbocycles. The Balaban J connectivity index is 3.08. The molecule has 0 N–H and O–H groups in total. The lowest BCUT2D eigenvalue weighted by molar-refractivity contribution is -0.0494. The minimum absolute atomic E-state index is 0.0373. The SMILES string of the molecule is O=C=Nc1ccc(Cl)cc1OC(F)F. The van der Waals surface area contributed by atoms with Crippen molar-refractivity contribution in [2.75, 3.05) is 0 Å². The monoisotopic (exact) mass is 219 g/mol. The van der Waals surface area contributed by atoms with Crippen molar-refractivity contribution < 1.29 is 18.3 Å². The van der Waals surface area contributed by atoms with Gasteiger partial charge in [-0.15, -0.1) is 0 Å². The van der Waals surface area contributed by atoms with Crippen molar-refractivity contribution in [2.24, 2.45) is 4.99 Å². The molecule has 0 radical (unpaired) electrons. The highest BCUT2D eigenvalue weighted by Crippen LogP contribution is 2.31. The van der Waals surface area contributed by atoms with Crippen LogP contribution in [0.3, 0.4) is 0 Å². The molecule has 6 heteroatoms. The van der Waals surface area contributed by atoms with Crippen LogP contribution in [0.2, 0.25) is 5.02 Å². The number of alkyl halides is 2. The molecular formula is C8H4ClF2NO2. The molecule has 0 atom stereocenters. The molecule has 0 aliphatic rings. The number of ether oxygens (including phenoxy) is 1. The van der Waals surface area contributed by atoms with Gasteiger partial charge in [0.15, 0.2) is 5.75 Å². The van der Waals surface area contributed by atoms with Crippen LogP contribution in [0.4, 0.5) is 14.5 Å². The van der Waals surface area contributed by atoms with Gasteiger partial charge in [-0.05, 0) is 12.1 Å². The second kappa shape index (κ2) is 4.69. The Kier molecular flexibility index (Phi) is 3.56. The second-order valence-corrected chi connectivity index (χ2v) is 2.63. The smallest absolute Gasteiger partial charge is 0.387 e. The highest BCUT2D eigenvalue weighted by atomic mass is 35.5. The first-order chi connectivity index (χ1) is 6.63. The van der Waals surface area contributed by atoms with Crippen molar-refractivity contribution in [1.29, 1.82) is 0 Å². The number of rotatable bonds is 3. The lowest BCUT2D eigenvalue weighted by atomic mass is 10.3. The van der Waals surface area contributed by atoms with Crippen molar-refractivity contribution in [3.8, 4) is 5.75 Å². The Morgan fingerprint density at radius 1 is 1.50 bits per heavy atom. The van der Waals surface area contributed by atoms with E-state index in [1.807, 2.05) is 0 Å². The lowest BCUT2D eigenvalue weighted by Crippen LogP contribution is -2.01. The predicted octanol–water partition coefficient (Wildman–Crippen LogP) is 2.91. The van der Waals surface area contributed by atoms with Crippen LogP contribution in [0, 0.1) is 0 Å². The molecule has 0 saturated carbocycles. The molecule has 0 unspecified atom stereocenters. The van der Waals surface area contributed by atoms with Crippen LogP contribution >= 0.6 is 11.6 Å². The van der Waals surface area contributed by atoms with Crippen LogP contribution < -0.4 is 4.74 Å². The Hall–Kier alpha value is -1.45. The molecule has 0 heterocycles. The summed E-state index contributed by atoms with van der Waals surface area (Å²) in [4.78, 5) is 13.1. The first-order valence-electron chi connectivity index (χ1n) is 3.45. The van der Waals surface area contributed by atoms with Gasteiger partial charge in [0.05, 0.1) is 0 Å². The average molecular weight is 220 g/mol. The maximum atomic E-state index is 11.9. The molecule has 0 spiro atoms. The zero-order valence-electron chi connectivity index (χ0n) is 6.71. The van der Waals surface area contributed by atoms with Crippen LogP contribution in [-0.2, 0) is 4.79 Å². The number of nitrogens with zero attached hydrogens (tertiary/aromatic N) is 1. The number of hydrogen-bond acceptors (Lipinski definition) is 3. The summed E-state index contributed by atoms with van der Waals surface area (Å²) in [6, 6.07) is 3.82. The van der Waals surface area contributed by atoms with Gasteiger partial charge >= 0.3 is 6.61 Å². The van der Waals surface area contributed by atoms with Crippen LogP contribution in [0.1, 0.15) is 0 Å². The number of aliphatic imine (C=N–C) groups is 1. The van der Waals surface area contributed by atoms with Crippen LogP contribution in [0.5, 0.6) is 5.75 Å². The Morgan fingerprint density at radius 2 is 2.21 bits per heavy atom. The van der Waals surface area contributed by atoms with Crippen molar-refractivity contribution in [1.82, 2.24) is 0 Å². The molecule has 1 aromatic rings. The highest BCUT2D eigenvalue weighted by molar-refractivity contribution is 6.30. The van der Waals surface area contributed by atoms with Gasteiger partial charge < -0.3 is 4.74 Å². The Bertz CT molecular complexity index is 378. The maximum absolute atomic E-state index is 11.9. The van der Waals surface area contributed by atoms with Gasteiger partial charge in [0.1, 0.15) is 5.69 Å². The van der Waals surface area contributed by atoms with E-state index in [2.05, 4.69) is 9.73 Å². The molecule has 3 nitrogen and oxygen atoms in total. The average Bonchev–Trinajstić information content (AvgIpc) is 2.09. The summed E-state index contributed by atoms with van der Waals surface area (Å²) in [5.74, 6) is -0.254. The third-order valence-electron chi connectivity index (χ3n) is 1.30. The minimum Gasteiger partial charge on any atom is -0.432 e. The third kappa shape index (κ3) is 2.80. The highest BCUT2D eigenvalue weighted by Gasteiger charge is 2.09. The fraction of sp³-hybridized carbons (Fsp3) is 0.125. The lowest BCUT2D eigenvalue weighted by Gasteiger charge is -2.06. The maximum Gasteiger partial charge on any atom is 0.387 e. The molecular weight excluding hydrogens is 216 g/mol. The molecule has 1 rings (SSSR count). The summed E-state index contributed by atoms with van der Waals surface area (Å²) in [6.07, 6.45) is 1.22. The van der Waals surface area contributed by atoms with E-state index in [1.54, 1.807) is 0 Å². The quantitative estimate of drug-likeness (QED) is 0.579.